The third-order valence-corrected chi connectivity index (χ3v) is 3.76. The van der Waals surface area contributed by atoms with Gasteiger partial charge in [-0.1, -0.05) is 13.8 Å². The number of fused-ring (bicyclic) bond motifs is 1. The van der Waals surface area contributed by atoms with Crippen molar-refractivity contribution in [1.82, 2.24) is 14.6 Å². The number of rotatable bonds is 4. The molecule has 0 saturated heterocycles. The SMILES string of the molecule is CC(C)C(C)(O)CNc1ccn2ncc(Br)c2n1. The van der Waals surface area contributed by atoms with Gasteiger partial charge in [-0.3, -0.25) is 0 Å². The summed E-state index contributed by atoms with van der Waals surface area (Å²) in [7, 11) is 0. The summed E-state index contributed by atoms with van der Waals surface area (Å²) in [6.07, 6.45) is 3.54. The van der Waals surface area contributed by atoms with Crippen LogP contribution in [0.25, 0.3) is 5.65 Å². The van der Waals surface area contributed by atoms with Gasteiger partial charge in [-0.25, -0.2) is 9.50 Å². The Morgan fingerprint density at radius 2 is 2.28 bits per heavy atom. The van der Waals surface area contributed by atoms with Crippen molar-refractivity contribution in [3.8, 4) is 0 Å². The van der Waals surface area contributed by atoms with Gasteiger partial charge in [0.2, 0.25) is 0 Å². The Hall–Kier alpha value is -1.14. The molecule has 0 aromatic carbocycles. The second-order valence-electron chi connectivity index (χ2n) is 4.94. The summed E-state index contributed by atoms with van der Waals surface area (Å²) in [5, 5.41) is 17.4. The van der Waals surface area contributed by atoms with Crippen LogP contribution in [0.2, 0.25) is 0 Å². The minimum absolute atomic E-state index is 0.176. The number of anilines is 1. The highest BCUT2D eigenvalue weighted by Crippen LogP contribution is 2.19. The largest absolute Gasteiger partial charge is 0.388 e. The van der Waals surface area contributed by atoms with Gasteiger partial charge < -0.3 is 10.4 Å². The van der Waals surface area contributed by atoms with Crippen LogP contribution >= 0.6 is 15.9 Å². The molecule has 2 heterocycles. The first-order valence-electron chi connectivity index (χ1n) is 5.86. The Morgan fingerprint density at radius 3 is 2.94 bits per heavy atom. The van der Waals surface area contributed by atoms with Crippen molar-refractivity contribution in [3.05, 3.63) is 22.9 Å². The molecule has 0 bridgehead atoms. The van der Waals surface area contributed by atoms with Crippen molar-refractivity contribution < 1.29 is 5.11 Å². The maximum atomic E-state index is 10.2. The fraction of sp³-hybridized carbons (Fsp3) is 0.500. The number of nitrogens with zero attached hydrogens (tertiary/aromatic N) is 3. The predicted molar refractivity (Wildman–Crippen MR) is 74.6 cm³/mol. The average molecular weight is 313 g/mol. The average Bonchev–Trinajstić information content (AvgIpc) is 2.68. The molecule has 2 aromatic heterocycles. The van der Waals surface area contributed by atoms with E-state index in [-0.39, 0.29) is 5.92 Å². The first-order valence-corrected chi connectivity index (χ1v) is 6.65. The van der Waals surface area contributed by atoms with Gasteiger partial charge in [-0.2, -0.15) is 5.10 Å². The van der Waals surface area contributed by atoms with Gasteiger partial charge >= 0.3 is 0 Å². The molecule has 0 aliphatic rings. The van der Waals surface area contributed by atoms with Crippen molar-refractivity contribution >= 4 is 27.4 Å². The highest BCUT2D eigenvalue weighted by atomic mass is 79.9. The molecule has 0 radical (unpaired) electrons. The lowest BCUT2D eigenvalue weighted by Gasteiger charge is -2.28. The number of hydrogen-bond donors (Lipinski definition) is 2. The van der Waals surface area contributed by atoms with Crippen LogP contribution in [0.3, 0.4) is 0 Å². The van der Waals surface area contributed by atoms with E-state index in [1.165, 1.54) is 0 Å². The molecule has 18 heavy (non-hydrogen) atoms. The van der Waals surface area contributed by atoms with E-state index < -0.39 is 5.60 Å². The van der Waals surface area contributed by atoms with E-state index >= 15 is 0 Å². The Kier molecular flexibility index (Phi) is 3.59. The second kappa shape index (κ2) is 4.85. The zero-order chi connectivity index (χ0) is 13.3. The maximum absolute atomic E-state index is 10.2. The monoisotopic (exact) mass is 312 g/mol. The Bertz CT molecular complexity index is 550. The Labute approximate surface area is 114 Å². The molecular formula is C12H17BrN4O. The first kappa shape index (κ1) is 13.3. The molecule has 2 N–H and O–H groups in total. The third-order valence-electron chi connectivity index (χ3n) is 3.20. The van der Waals surface area contributed by atoms with E-state index in [1.54, 1.807) is 10.7 Å². The van der Waals surface area contributed by atoms with Crippen LogP contribution < -0.4 is 5.32 Å². The van der Waals surface area contributed by atoms with Crippen LogP contribution in [0.5, 0.6) is 0 Å². The van der Waals surface area contributed by atoms with E-state index in [0.29, 0.717) is 6.54 Å². The van der Waals surface area contributed by atoms with Crippen molar-refractivity contribution in [2.24, 2.45) is 5.92 Å². The Balaban J connectivity index is 2.15. The molecule has 0 fully saturated rings. The van der Waals surface area contributed by atoms with Gasteiger partial charge in [0, 0.05) is 12.7 Å². The molecule has 98 valence electrons. The number of halogens is 1. The van der Waals surface area contributed by atoms with Gasteiger partial charge in [0.05, 0.1) is 16.3 Å². The lowest BCUT2D eigenvalue weighted by molar-refractivity contribution is 0.0265. The van der Waals surface area contributed by atoms with Gasteiger partial charge in [0.25, 0.3) is 0 Å². The molecule has 1 unspecified atom stereocenters. The van der Waals surface area contributed by atoms with E-state index in [0.717, 1.165) is 15.9 Å². The van der Waals surface area contributed by atoms with Crippen LogP contribution in [0.4, 0.5) is 5.82 Å². The number of aliphatic hydroxyl groups is 1. The molecule has 0 saturated carbocycles. The van der Waals surface area contributed by atoms with Crippen molar-refractivity contribution in [1.29, 1.82) is 0 Å². The fourth-order valence-corrected chi connectivity index (χ4v) is 1.78. The summed E-state index contributed by atoms with van der Waals surface area (Å²) < 4.78 is 2.54. The smallest absolute Gasteiger partial charge is 0.171 e. The van der Waals surface area contributed by atoms with E-state index in [2.05, 4.69) is 31.3 Å². The quantitative estimate of drug-likeness (QED) is 0.909. The highest BCUT2D eigenvalue weighted by molar-refractivity contribution is 9.10. The molecule has 1 atom stereocenters. The summed E-state index contributed by atoms with van der Waals surface area (Å²) in [4.78, 5) is 4.43. The van der Waals surface area contributed by atoms with Crippen LogP contribution in [-0.4, -0.2) is 31.9 Å². The van der Waals surface area contributed by atoms with Gasteiger partial charge in [-0.15, -0.1) is 0 Å². The zero-order valence-electron chi connectivity index (χ0n) is 10.7. The van der Waals surface area contributed by atoms with Crippen LogP contribution in [-0.2, 0) is 0 Å². The summed E-state index contributed by atoms with van der Waals surface area (Å²) in [5.41, 5.74) is -0.00477. The minimum Gasteiger partial charge on any atom is -0.388 e. The zero-order valence-corrected chi connectivity index (χ0v) is 12.3. The van der Waals surface area contributed by atoms with Crippen LogP contribution in [0, 0.1) is 5.92 Å². The van der Waals surface area contributed by atoms with E-state index in [1.807, 2.05) is 33.0 Å². The van der Waals surface area contributed by atoms with Gasteiger partial charge in [0.15, 0.2) is 5.65 Å². The summed E-state index contributed by atoms with van der Waals surface area (Å²) in [6.45, 7) is 6.26. The van der Waals surface area contributed by atoms with Gasteiger partial charge in [0.1, 0.15) is 5.82 Å². The molecule has 0 spiro atoms. The molecule has 2 rings (SSSR count). The minimum atomic E-state index is -0.759. The second-order valence-corrected chi connectivity index (χ2v) is 5.79. The molecule has 0 amide bonds. The van der Waals surface area contributed by atoms with E-state index in [4.69, 9.17) is 0 Å². The number of nitrogens with one attached hydrogen (secondary N) is 1. The van der Waals surface area contributed by atoms with Crippen LogP contribution in [0.1, 0.15) is 20.8 Å². The summed E-state index contributed by atoms with van der Waals surface area (Å²) >= 11 is 3.39. The Morgan fingerprint density at radius 1 is 1.56 bits per heavy atom. The van der Waals surface area contributed by atoms with E-state index in [9.17, 15) is 5.11 Å². The van der Waals surface area contributed by atoms with Gasteiger partial charge in [-0.05, 0) is 34.8 Å². The molecule has 0 aliphatic heterocycles. The van der Waals surface area contributed by atoms with Crippen molar-refractivity contribution in [3.63, 3.8) is 0 Å². The van der Waals surface area contributed by atoms with Crippen molar-refractivity contribution in [2.45, 2.75) is 26.4 Å². The lowest BCUT2D eigenvalue weighted by atomic mass is 9.93. The number of hydrogen-bond acceptors (Lipinski definition) is 4. The normalized spacial score (nSPS) is 15.0. The first-order chi connectivity index (χ1) is 8.40. The standard InChI is InChI=1S/C12H17BrN4O/c1-8(2)12(3,18)7-14-10-4-5-17-11(16-10)9(13)6-15-17/h4-6,8,18H,7H2,1-3H3,(H,14,16). The molecule has 2 aromatic rings. The lowest BCUT2D eigenvalue weighted by Crippen LogP contribution is -2.38. The molecule has 6 heteroatoms. The number of aromatic nitrogens is 3. The molecule has 5 nitrogen and oxygen atoms in total. The third kappa shape index (κ3) is 2.64. The summed E-state index contributed by atoms with van der Waals surface area (Å²) in [5.74, 6) is 0.903. The fourth-order valence-electron chi connectivity index (χ4n) is 1.41. The summed E-state index contributed by atoms with van der Waals surface area (Å²) in [6, 6.07) is 1.84. The molecular weight excluding hydrogens is 296 g/mol. The molecule has 0 aliphatic carbocycles. The highest BCUT2D eigenvalue weighted by Gasteiger charge is 2.24. The maximum Gasteiger partial charge on any atom is 0.171 e. The predicted octanol–water partition coefficient (Wildman–Crippen LogP) is 2.31. The van der Waals surface area contributed by atoms with Crippen LogP contribution in [0.15, 0.2) is 22.9 Å². The topological polar surface area (TPSA) is 62.5 Å². The van der Waals surface area contributed by atoms with Crippen molar-refractivity contribution in [2.75, 3.05) is 11.9 Å².